The van der Waals surface area contributed by atoms with Gasteiger partial charge in [0.25, 0.3) is 0 Å². The van der Waals surface area contributed by atoms with Crippen molar-refractivity contribution < 1.29 is 13.2 Å². The van der Waals surface area contributed by atoms with E-state index < -0.39 is 11.7 Å². The molecular formula is C18H18F3N5. The van der Waals surface area contributed by atoms with Gasteiger partial charge < -0.3 is 5.32 Å². The second-order valence-electron chi connectivity index (χ2n) is 6.57. The number of fused-ring (bicyclic) bond motifs is 1. The fourth-order valence-corrected chi connectivity index (χ4v) is 3.31. The van der Waals surface area contributed by atoms with Crippen LogP contribution in [0.2, 0.25) is 0 Å². The lowest BCUT2D eigenvalue weighted by atomic mass is 9.95. The number of nitrogens with one attached hydrogen (secondary N) is 1. The van der Waals surface area contributed by atoms with Crippen LogP contribution in [0.3, 0.4) is 0 Å². The lowest BCUT2D eigenvalue weighted by Crippen LogP contribution is -2.23. The minimum absolute atomic E-state index is 0.402. The van der Waals surface area contributed by atoms with Gasteiger partial charge in [-0.3, -0.25) is 0 Å². The highest BCUT2D eigenvalue weighted by atomic mass is 19.4. The third-order valence-corrected chi connectivity index (χ3v) is 4.69. The Labute approximate surface area is 148 Å². The van der Waals surface area contributed by atoms with Crippen LogP contribution in [0.4, 0.5) is 19.0 Å². The standard InChI is InChI=1S/C18H18F3N5/c19-18(20,21)13-8-6-12(7-9-13)17-24-23-16-11-10-15(25-26(16)17)22-14-4-2-1-3-5-14/h6-11,14H,1-5H2,(H,22,25). The molecule has 4 rings (SSSR count). The van der Waals surface area contributed by atoms with Crippen LogP contribution in [0.1, 0.15) is 37.7 Å². The van der Waals surface area contributed by atoms with Gasteiger partial charge in [0.1, 0.15) is 5.82 Å². The maximum atomic E-state index is 12.7. The molecule has 136 valence electrons. The summed E-state index contributed by atoms with van der Waals surface area (Å²) in [5.41, 5.74) is 0.393. The first kappa shape index (κ1) is 16.8. The van der Waals surface area contributed by atoms with E-state index >= 15 is 0 Å². The average Bonchev–Trinajstić information content (AvgIpc) is 3.05. The summed E-state index contributed by atoms with van der Waals surface area (Å²) in [4.78, 5) is 0. The summed E-state index contributed by atoms with van der Waals surface area (Å²) in [7, 11) is 0. The van der Waals surface area contributed by atoms with Gasteiger partial charge in [-0.15, -0.1) is 15.3 Å². The normalized spacial score (nSPS) is 16.1. The van der Waals surface area contributed by atoms with E-state index in [4.69, 9.17) is 0 Å². The summed E-state index contributed by atoms with van der Waals surface area (Å²) in [6, 6.07) is 8.93. The Kier molecular flexibility index (Phi) is 4.26. The van der Waals surface area contributed by atoms with Gasteiger partial charge in [0, 0.05) is 11.6 Å². The second kappa shape index (κ2) is 6.59. The molecular weight excluding hydrogens is 343 g/mol. The van der Waals surface area contributed by atoms with Crippen molar-refractivity contribution in [3.63, 3.8) is 0 Å². The smallest absolute Gasteiger partial charge is 0.366 e. The molecule has 0 amide bonds. The minimum atomic E-state index is -4.36. The summed E-state index contributed by atoms with van der Waals surface area (Å²) in [6.07, 6.45) is 1.57. The monoisotopic (exact) mass is 361 g/mol. The Bertz CT molecular complexity index is 895. The van der Waals surface area contributed by atoms with E-state index in [0.717, 1.165) is 30.8 Å². The summed E-state index contributed by atoms with van der Waals surface area (Å²) in [6.45, 7) is 0. The average molecular weight is 361 g/mol. The Hall–Kier alpha value is -2.64. The van der Waals surface area contributed by atoms with Gasteiger partial charge in [0.2, 0.25) is 0 Å². The molecule has 0 unspecified atom stereocenters. The Morgan fingerprint density at radius 3 is 2.35 bits per heavy atom. The fraction of sp³-hybridized carbons (Fsp3) is 0.389. The minimum Gasteiger partial charge on any atom is -0.366 e. The van der Waals surface area contributed by atoms with Crippen LogP contribution in [-0.2, 0) is 6.18 Å². The van der Waals surface area contributed by atoms with Crippen molar-refractivity contribution in [3.05, 3.63) is 42.0 Å². The van der Waals surface area contributed by atoms with Gasteiger partial charge in [-0.05, 0) is 37.1 Å². The number of hydrogen-bond donors (Lipinski definition) is 1. The summed E-state index contributed by atoms with van der Waals surface area (Å²) in [5.74, 6) is 1.14. The molecule has 3 aromatic rings. The molecule has 1 N–H and O–H groups in total. The van der Waals surface area contributed by atoms with Crippen LogP contribution >= 0.6 is 0 Å². The zero-order valence-corrected chi connectivity index (χ0v) is 14.0. The molecule has 1 aliphatic rings. The van der Waals surface area contributed by atoms with E-state index in [1.165, 1.54) is 31.4 Å². The van der Waals surface area contributed by atoms with E-state index in [-0.39, 0.29) is 0 Å². The molecule has 1 aliphatic carbocycles. The Balaban J connectivity index is 1.64. The first-order chi connectivity index (χ1) is 12.5. The van der Waals surface area contributed by atoms with Crippen LogP contribution in [0.5, 0.6) is 0 Å². The second-order valence-corrected chi connectivity index (χ2v) is 6.57. The molecule has 0 spiro atoms. The van der Waals surface area contributed by atoms with E-state index in [9.17, 15) is 13.2 Å². The van der Waals surface area contributed by atoms with Crippen molar-refractivity contribution >= 4 is 11.5 Å². The number of anilines is 1. The van der Waals surface area contributed by atoms with E-state index in [1.54, 1.807) is 10.6 Å². The molecule has 0 bridgehead atoms. The van der Waals surface area contributed by atoms with Gasteiger partial charge in [-0.25, -0.2) is 0 Å². The van der Waals surface area contributed by atoms with Crippen molar-refractivity contribution in [2.45, 2.75) is 44.3 Å². The molecule has 8 heteroatoms. The molecule has 2 aromatic heterocycles. The van der Waals surface area contributed by atoms with Crippen LogP contribution in [0, 0.1) is 0 Å². The predicted molar refractivity (Wildman–Crippen MR) is 91.7 cm³/mol. The van der Waals surface area contributed by atoms with Crippen LogP contribution < -0.4 is 5.32 Å². The third kappa shape index (κ3) is 3.36. The third-order valence-electron chi connectivity index (χ3n) is 4.69. The lowest BCUT2D eigenvalue weighted by Gasteiger charge is -2.23. The van der Waals surface area contributed by atoms with Crippen molar-refractivity contribution in [1.29, 1.82) is 0 Å². The number of aromatic nitrogens is 4. The number of halogens is 3. The number of benzene rings is 1. The zero-order chi connectivity index (χ0) is 18.1. The molecule has 1 fully saturated rings. The summed E-state index contributed by atoms with van der Waals surface area (Å²) >= 11 is 0. The Morgan fingerprint density at radius 2 is 1.65 bits per heavy atom. The van der Waals surface area contributed by atoms with Gasteiger partial charge >= 0.3 is 6.18 Å². The van der Waals surface area contributed by atoms with Crippen molar-refractivity contribution in [2.75, 3.05) is 5.32 Å². The van der Waals surface area contributed by atoms with Crippen molar-refractivity contribution in [3.8, 4) is 11.4 Å². The van der Waals surface area contributed by atoms with E-state index in [1.807, 2.05) is 6.07 Å². The van der Waals surface area contributed by atoms with Crippen LogP contribution in [0.25, 0.3) is 17.0 Å². The first-order valence-electron chi connectivity index (χ1n) is 8.67. The molecule has 0 saturated heterocycles. The van der Waals surface area contributed by atoms with Gasteiger partial charge in [-0.2, -0.15) is 17.7 Å². The number of hydrogen-bond acceptors (Lipinski definition) is 4. The topological polar surface area (TPSA) is 55.1 Å². The summed E-state index contributed by atoms with van der Waals surface area (Å²) in [5, 5.41) is 16.1. The van der Waals surface area contributed by atoms with Crippen molar-refractivity contribution in [1.82, 2.24) is 19.8 Å². The molecule has 0 radical (unpaired) electrons. The SMILES string of the molecule is FC(F)(F)c1ccc(-c2nnc3ccc(NC4CCCCC4)nn23)cc1. The highest BCUT2D eigenvalue weighted by Gasteiger charge is 2.30. The molecule has 1 saturated carbocycles. The summed E-state index contributed by atoms with van der Waals surface area (Å²) < 4.78 is 39.8. The quantitative estimate of drug-likeness (QED) is 0.743. The number of nitrogens with zero attached hydrogens (tertiary/aromatic N) is 4. The molecule has 2 heterocycles. The van der Waals surface area contributed by atoms with Crippen LogP contribution in [-0.4, -0.2) is 25.9 Å². The first-order valence-corrected chi connectivity index (χ1v) is 8.67. The largest absolute Gasteiger partial charge is 0.416 e. The zero-order valence-electron chi connectivity index (χ0n) is 14.0. The lowest BCUT2D eigenvalue weighted by molar-refractivity contribution is -0.137. The maximum Gasteiger partial charge on any atom is 0.416 e. The number of alkyl halides is 3. The van der Waals surface area contributed by atoms with Gasteiger partial charge in [0.15, 0.2) is 11.5 Å². The molecule has 1 aromatic carbocycles. The fourth-order valence-electron chi connectivity index (χ4n) is 3.31. The predicted octanol–water partition coefficient (Wildman–Crippen LogP) is 4.55. The Morgan fingerprint density at radius 1 is 0.923 bits per heavy atom. The highest BCUT2D eigenvalue weighted by molar-refractivity contribution is 5.60. The highest BCUT2D eigenvalue weighted by Crippen LogP contribution is 2.30. The van der Waals surface area contributed by atoms with Crippen LogP contribution in [0.15, 0.2) is 36.4 Å². The number of rotatable bonds is 3. The molecule has 5 nitrogen and oxygen atoms in total. The molecule has 26 heavy (non-hydrogen) atoms. The maximum absolute atomic E-state index is 12.7. The molecule has 0 aliphatic heterocycles. The van der Waals surface area contributed by atoms with E-state index in [2.05, 4.69) is 20.6 Å². The van der Waals surface area contributed by atoms with Gasteiger partial charge in [0.05, 0.1) is 5.56 Å². The van der Waals surface area contributed by atoms with E-state index in [0.29, 0.717) is 23.1 Å². The van der Waals surface area contributed by atoms with Crippen molar-refractivity contribution in [2.24, 2.45) is 0 Å². The molecule has 0 atom stereocenters. The van der Waals surface area contributed by atoms with Gasteiger partial charge in [-0.1, -0.05) is 31.4 Å².